The molecule has 0 radical (unpaired) electrons. The topological polar surface area (TPSA) is 27.1 Å². The lowest BCUT2D eigenvalue weighted by Gasteiger charge is -2.13. The SMILES string of the molecule is CCc1c(Cc2cccs2)nn(C(C)C)c1Oc1cc(Cl)cc(Cl)c1. The first kappa shape index (κ1) is 18.3. The van der Waals surface area contributed by atoms with Crippen molar-refractivity contribution in [2.75, 3.05) is 0 Å². The summed E-state index contributed by atoms with van der Waals surface area (Å²) >= 11 is 14.0. The molecular weight excluding hydrogens is 375 g/mol. The number of ether oxygens (including phenoxy) is 1. The maximum atomic E-state index is 6.19. The Hall–Kier alpha value is -1.49. The molecule has 2 heterocycles. The number of hydrogen-bond donors (Lipinski definition) is 0. The minimum absolute atomic E-state index is 0.187. The van der Waals surface area contributed by atoms with E-state index in [4.69, 9.17) is 33.0 Å². The Morgan fingerprint density at radius 1 is 1.20 bits per heavy atom. The highest BCUT2D eigenvalue weighted by Gasteiger charge is 2.21. The van der Waals surface area contributed by atoms with E-state index in [1.54, 1.807) is 29.5 Å². The van der Waals surface area contributed by atoms with Crippen LogP contribution in [-0.4, -0.2) is 9.78 Å². The van der Waals surface area contributed by atoms with Crippen LogP contribution >= 0.6 is 34.5 Å². The summed E-state index contributed by atoms with van der Waals surface area (Å²) in [6.45, 7) is 6.32. The molecule has 3 aromatic rings. The Bertz CT molecular complexity index is 836. The van der Waals surface area contributed by atoms with Crippen LogP contribution in [0, 0.1) is 0 Å². The van der Waals surface area contributed by atoms with Crippen LogP contribution in [0.4, 0.5) is 0 Å². The molecule has 3 rings (SSSR count). The normalized spacial score (nSPS) is 11.3. The van der Waals surface area contributed by atoms with Crippen LogP contribution in [0.25, 0.3) is 0 Å². The van der Waals surface area contributed by atoms with Crippen molar-refractivity contribution >= 4 is 34.5 Å². The predicted octanol–water partition coefficient (Wildman–Crippen LogP) is 6.78. The third-order valence-corrected chi connectivity index (χ3v) is 5.17. The highest BCUT2D eigenvalue weighted by molar-refractivity contribution is 7.09. The lowest BCUT2D eigenvalue weighted by atomic mass is 10.1. The number of aromatic nitrogens is 2. The maximum Gasteiger partial charge on any atom is 0.221 e. The van der Waals surface area contributed by atoms with Crippen LogP contribution in [0.1, 0.15) is 42.9 Å². The standard InChI is InChI=1S/C19H20Cl2N2OS/c1-4-17-18(11-16-6-5-7-25-16)22-23(12(2)3)19(17)24-15-9-13(20)8-14(21)10-15/h5-10,12H,4,11H2,1-3H3. The number of benzene rings is 1. The molecule has 0 N–H and O–H groups in total. The van der Waals surface area contributed by atoms with Crippen molar-refractivity contribution in [2.45, 2.75) is 39.7 Å². The summed E-state index contributed by atoms with van der Waals surface area (Å²) < 4.78 is 8.13. The van der Waals surface area contributed by atoms with Crippen molar-refractivity contribution < 1.29 is 4.74 Å². The smallest absolute Gasteiger partial charge is 0.221 e. The molecule has 132 valence electrons. The van der Waals surface area contributed by atoms with E-state index in [1.807, 2.05) is 4.68 Å². The number of hydrogen-bond acceptors (Lipinski definition) is 3. The fourth-order valence-corrected chi connectivity index (χ4v) is 3.95. The van der Waals surface area contributed by atoms with Gasteiger partial charge in [0.2, 0.25) is 5.88 Å². The molecule has 0 aliphatic rings. The van der Waals surface area contributed by atoms with Gasteiger partial charge in [-0.15, -0.1) is 11.3 Å². The van der Waals surface area contributed by atoms with Gasteiger partial charge in [-0.05, 0) is 49.9 Å². The molecule has 3 nitrogen and oxygen atoms in total. The average molecular weight is 395 g/mol. The molecule has 0 bridgehead atoms. The summed E-state index contributed by atoms with van der Waals surface area (Å²) in [4.78, 5) is 1.29. The predicted molar refractivity (Wildman–Crippen MR) is 106 cm³/mol. The summed E-state index contributed by atoms with van der Waals surface area (Å²) in [6, 6.07) is 9.62. The summed E-state index contributed by atoms with van der Waals surface area (Å²) in [6.07, 6.45) is 1.66. The van der Waals surface area contributed by atoms with E-state index >= 15 is 0 Å². The first-order valence-electron chi connectivity index (χ1n) is 8.24. The zero-order chi connectivity index (χ0) is 18.0. The zero-order valence-corrected chi connectivity index (χ0v) is 16.8. The Labute approximate surface area is 162 Å². The van der Waals surface area contributed by atoms with E-state index in [1.165, 1.54) is 4.88 Å². The minimum atomic E-state index is 0.187. The highest BCUT2D eigenvalue weighted by atomic mass is 35.5. The van der Waals surface area contributed by atoms with Crippen molar-refractivity contribution in [2.24, 2.45) is 0 Å². The zero-order valence-electron chi connectivity index (χ0n) is 14.4. The molecule has 0 saturated carbocycles. The molecule has 6 heteroatoms. The van der Waals surface area contributed by atoms with Crippen LogP contribution < -0.4 is 4.74 Å². The van der Waals surface area contributed by atoms with Crippen molar-refractivity contribution in [1.82, 2.24) is 9.78 Å². The van der Waals surface area contributed by atoms with Gasteiger partial charge in [-0.25, -0.2) is 4.68 Å². The van der Waals surface area contributed by atoms with Gasteiger partial charge in [0.05, 0.1) is 11.7 Å². The lowest BCUT2D eigenvalue weighted by Crippen LogP contribution is -2.05. The highest BCUT2D eigenvalue weighted by Crippen LogP contribution is 2.34. The molecule has 1 aromatic carbocycles. The summed E-state index contributed by atoms with van der Waals surface area (Å²) in [5.41, 5.74) is 2.18. The number of thiophene rings is 1. The summed E-state index contributed by atoms with van der Waals surface area (Å²) in [5, 5.41) is 8.02. The Balaban J connectivity index is 2.02. The van der Waals surface area contributed by atoms with Gasteiger partial charge in [0.25, 0.3) is 0 Å². The monoisotopic (exact) mass is 394 g/mol. The van der Waals surface area contributed by atoms with Gasteiger partial charge >= 0.3 is 0 Å². The maximum absolute atomic E-state index is 6.19. The van der Waals surface area contributed by atoms with Gasteiger partial charge in [0, 0.05) is 26.9 Å². The Morgan fingerprint density at radius 2 is 1.92 bits per heavy atom. The first-order chi connectivity index (χ1) is 12.0. The molecule has 0 unspecified atom stereocenters. The molecule has 0 saturated heterocycles. The van der Waals surface area contributed by atoms with Crippen molar-refractivity contribution in [3.8, 4) is 11.6 Å². The fraction of sp³-hybridized carbons (Fsp3) is 0.316. The van der Waals surface area contributed by atoms with Gasteiger partial charge in [-0.2, -0.15) is 5.10 Å². The summed E-state index contributed by atoms with van der Waals surface area (Å²) in [7, 11) is 0. The third kappa shape index (κ3) is 4.20. The second-order valence-electron chi connectivity index (χ2n) is 6.09. The lowest BCUT2D eigenvalue weighted by molar-refractivity contribution is 0.385. The van der Waals surface area contributed by atoms with Crippen LogP contribution in [0.5, 0.6) is 11.6 Å². The van der Waals surface area contributed by atoms with E-state index in [-0.39, 0.29) is 6.04 Å². The number of rotatable bonds is 6. The molecule has 0 atom stereocenters. The second kappa shape index (κ2) is 7.81. The van der Waals surface area contributed by atoms with Crippen molar-refractivity contribution in [3.63, 3.8) is 0 Å². The number of halogens is 2. The van der Waals surface area contributed by atoms with E-state index in [2.05, 4.69) is 38.3 Å². The van der Waals surface area contributed by atoms with E-state index < -0.39 is 0 Å². The van der Waals surface area contributed by atoms with E-state index in [0.717, 1.165) is 30.0 Å². The van der Waals surface area contributed by atoms with Gasteiger partial charge in [-0.1, -0.05) is 36.2 Å². The molecule has 0 fully saturated rings. The van der Waals surface area contributed by atoms with Crippen LogP contribution in [-0.2, 0) is 12.8 Å². The van der Waals surface area contributed by atoms with Gasteiger partial charge in [-0.3, -0.25) is 0 Å². The molecular formula is C19H20Cl2N2OS. The van der Waals surface area contributed by atoms with Gasteiger partial charge in [0.15, 0.2) is 0 Å². The number of nitrogens with zero attached hydrogens (tertiary/aromatic N) is 2. The molecule has 2 aromatic heterocycles. The van der Waals surface area contributed by atoms with Gasteiger partial charge in [0.1, 0.15) is 5.75 Å². The van der Waals surface area contributed by atoms with E-state index in [0.29, 0.717) is 15.8 Å². The van der Waals surface area contributed by atoms with Crippen LogP contribution in [0.15, 0.2) is 35.7 Å². The molecule has 0 aliphatic carbocycles. The molecule has 25 heavy (non-hydrogen) atoms. The molecule has 0 spiro atoms. The van der Waals surface area contributed by atoms with Crippen molar-refractivity contribution in [3.05, 3.63) is 61.9 Å². The van der Waals surface area contributed by atoms with Gasteiger partial charge < -0.3 is 4.74 Å². The fourth-order valence-electron chi connectivity index (χ4n) is 2.73. The minimum Gasteiger partial charge on any atom is -0.439 e. The van der Waals surface area contributed by atoms with Crippen LogP contribution in [0.2, 0.25) is 10.0 Å². The first-order valence-corrected chi connectivity index (χ1v) is 9.88. The molecule has 0 amide bonds. The largest absolute Gasteiger partial charge is 0.439 e. The second-order valence-corrected chi connectivity index (χ2v) is 7.99. The quantitative estimate of drug-likeness (QED) is 0.460. The summed E-state index contributed by atoms with van der Waals surface area (Å²) in [5.74, 6) is 1.39. The van der Waals surface area contributed by atoms with E-state index in [9.17, 15) is 0 Å². The molecule has 0 aliphatic heterocycles. The van der Waals surface area contributed by atoms with Crippen molar-refractivity contribution in [1.29, 1.82) is 0 Å². The third-order valence-electron chi connectivity index (χ3n) is 3.86. The Kier molecular flexibility index (Phi) is 5.72. The Morgan fingerprint density at radius 3 is 2.48 bits per heavy atom. The average Bonchev–Trinajstić information content (AvgIpc) is 3.14. The van der Waals surface area contributed by atoms with Crippen LogP contribution in [0.3, 0.4) is 0 Å².